The SMILES string of the molecule is CCCCN(CCCC)C(=O)[C@@H](C)NC(=O)[C@@H](NC(=O)[C@@H](Cc1ccc(OP(=O)(O)O)cc1)NC(C)=O)C(C)C. The van der Waals surface area contributed by atoms with Crippen molar-refractivity contribution in [1.82, 2.24) is 20.9 Å². The summed E-state index contributed by atoms with van der Waals surface area (Å²) in [5.74, 6) is -2.09. The molecule has 13 heteroatoms. The maximum atomic E-state index is 13.2. The molecule has 0 aromatic heterocycles. The first-order valence-corrected chi connectivity index (χ1v) is 15.2. The minimum atomic E-state index is -4.72. The molecular weight excluding hydrogens is 539 g/mol. The molecule has 5 N–H and O–H groups in total. The van der Waals surface area contributed by atoms with Crippen LogP contribution in [0.25, 0.3) is 0 Å². The lowest BCUT2D eigenvalue weighted by atomic mass is 10.0. The van der Waals surface area contributed by atoms with Gasteiger partial charge < -0.3 is 25.4 Å². The second kappa shape index (κ2) is 17.0. The molecule has 40 heavy (non-hydrogen) atoms. The Morgan fingerprint density at radius 1 is 0.900 bits per heavy atom. The number of nitrogens with one attached hydrogen (secondary N) is 3. The first-order valence-electron chi connectivity index (χ1n) is 13.7. The van der Waals surface area contributed by atoms with Gasteiger partial charge in [-0.05, 0) is 43.4 Å². The van der Waals surface area contributed by atoms with Gasteiger partial charge in [0.1, 0.15) is 23.9 Å². The highest BCUT2D eigenvalue weighted by Gasteiger charge is 2.31. The normalized spacial score (nSPS) is 13.6. The summed E-state index contributed by atoms with van der Waals surface area (Å²) in [7, 11) is -4.72. The van der Waals surface area contributed by atoms with Gasteiger partial charge in [-0.2, -0.15) is 0 Å². The quantitative estimate of drug-likeness (QED) is 0.173. The summed E-state index contributed by atoms with van der Waals surface area (Å²) >= 11 is 0. The van der Waals surface area contributed by atoms with Crippen LogP contribution in [0.1, 0.15) is 72.8 Å². The number of hydrogen-bond donors (Lipinski definition) is 5. The largest absolute Gasteiger partial charge is 0.524 e. The molecule has 0 saturated heterocycles. The van der Waals surface area contributed by atoms with Crippen molar-refractivity contribution in [1.29, 1.82) is 0 Å². The topological polar surface area (TPSA) is 174 Å². The van der Waals surface area contributed by atoms with Gasteiger partial charge in [-0.15, -0.1) is 0 Å². The van der Waals surface area contributed by atoms with Crippen LogP contribution in [0.5, 0.6) is 5.75 Å². The van der Waals surface area contributed by atoms with Crippen molar-refractivity contribution in [3.05, 3.63) is 29.8 Å². The molecule has 3 atom stereocenters. The van der Waals surface area contributed by atoms with Crippen LogP contribution in [0.4, 0.5) is 0 Å². The van der Waals surface area contributed by atoms with E-state index in [1.54, 1.807) is 25.7 Å². The van der Waals surface area contributed by atoms with Crippen LogP contribution < -0.4 is 20.5 Å². The molecule has 12 nitrogen and oxygen atoms in total. The van der Waals surface area contributed by atoms with E-state index in [4.69, 9.17) is 9.79 Å². The molecule has 0 aliphatic rings. The first kappa shape index (κ1) is 35.1. The zero-order chi connectivity index (χ0) is 30.5. The number of amides is 4. The maximum absolute atomic E-state index is 13.2. The number of rotatable bonds is 17. The van der Waals surface area contributed by atoms with Crippen LogP contribution in [0.2, 0.25) is 0 Å². The van der Waals surface area contributed by atoms with E-state index < -0.39 is 43.7 Å². The third kappa shape index (κ3) is 12.9. The van der Waals surface area contributed by atoms with E-state index >= 15 is 0 Å². The number of carbonyl (C=O) groups is 4. The summed E-state index contributed by atoms with van der Waals surface area (Å²) in [6.07, 6.45) is 3.67. The molecule has 0 bridgehead atoms. The molecule has 0 heterocycles. The Labute approximate surface area is 236 Å². The Hall–Kier alpha value is -2.95. The fourth-order valence-corrected chi connectivity index (χ4v) is 4.37. The van der Waals surface area contributed by atoms with E-state index in [1.165, 1.54) is 31.2 Å². The zero-order valence-corrected chi connectivity index (χ0v) is 25.2. The molecule has 0 radical (unpaired) electrons. The van der Waals surface area contributed by atoms with Gasteiger partial charge in [-0.1, -0.05) is 52.7 Å². The highest BCUT2D eigenvalue weighted by atomic mass is 31.2. The van der Waals surface area contributed by atoms with E-state index in [0.29, 0.717) is 18.7 Å². The Balaban J connectivity index is 2.97. The Bertz CT molecular complexity index is 1020. The van der Waals surface area contributed by atoms with Crippen molar-refractivity contribution in [3.8, 4) is 5.75 Å². The van der Waals surface area contributed by atoms with Gasteiger partial charge in [0.05, 0.1) is 0 Å². The van der Waals surface area contributed by atoms with Crippen molar-refractivity contribution in [3.63, 3.8) is 0 Å². The number of phosphoric acid groups is 1. The minimum Gasteiger partial charge on any atom is -0.404 e. The molecule has 1 rings (SSSR count). The Morgan fingerprint density at radius 2 is 1.45 bits per heavy atom. The van der Waals surface area contributed by atoms with Crippen LogP contribution in [0.3, 0.4) is 0 Å². The zero-order valence-electron chi connectivity index (χ0n) is 24.3. The number of nitrogens with zero attached hydrogens (tertiary/aromatic N) is 1. The molecule has 0 spiro atoms. The minimum absolute atomic E-state index is 0.0484. The van der Waals surface area contributed by atoms with Gasteiger partial charge in [0.25, 0.3) is 0 Å². The molecule has 0 unspecified atom stereocenters. The molecule has 0 saturated carbocycles. The second-order valence-corrected chi connectivity index (χ2v) is 11.3. The van der Waals surface area contributed by atoms with Gasteiger partial charge in [-0.25, -0.2) is 4.57 Å². The lowest BCUT2D eigenvalue weighted by molar-refractivity contribution is -0.137. The molecular formula is C27H45N4O8P. The van der Waals surface area contributed by atoms with Gasteiger partial charge in [0.15, 0.2) is 0 Å². The Kier molecular flexibility index (Phi) is 14.9. The lowest BCUT2D eigenvalue weighted by Gasteiger charge is -2.29. The molecule has 1 aromatic rings. The first-order chi connectivity index (χ1) is 18.7. The average molecular weight is 585 g/mol. The Morgan fingerprint density at radius 3 is 1.90 bits per heavy atom. The van der Waals surface area contributed by atoms with E-state index in [0.717, 1.165) is 25.7 Å². The van der Waals surface area contributed by atoms with Crippen LogP contribution in [0, 0.1) is 5.92 Å². The third-order valence-electron chi connectivity index (χ3n) is 6.13. The number of unbranched alkanes of at least 4 members (excludes halogenated alkanes) is 2. The van der Waals surface area contributed by atoms with Crippen LogP contribution in [-0.4, -0.2) is 69.5 Å². The number of hydrogen-bond acceptors (Lipinski definition) is 6. The fraction of sp³-hybridized carbons (Fsp3) is 0.630. The standard InChI is InChI=1S/C27H45N4O8P/c1-7-9-15-31(16-10-8-2)27(35)19(5)28-26(34)24(18(3)4)30-25(33)23(29-20(6)32)17-21-11-13-22(14-12-21)39-40(36,37)38/h11-14,18-19,23-24H,7-10,15-17H2,1-6H3,(H,28,34)(H,29,32)(H,30,33)(H2,36,37,38)/t19-,23-,24+/m1/s1. The summed E-state index contributed by atoms with van der Waals surface area (Å²) in [4.78, 5) is 70.9. The fourth-order valence-electron chi connectivity index (χ4n) is 3.97. The highest BCUT2D eigenvalue weighted by molar-refractivity contribution is 7.46. The van der Waals surface area contributed by atoms with Crippen molar-refractivity contribution in [2.24, 2.45) is 5.92 Å². The predicted octanol–water partition coefficient (Wildman–Crippen LogP) is 2.28. The molecule has 0 aliphatic heterocycles. The lowest BCUT2D eigenvalue weighted by Crippen LogP contribution is -2.58. The van der Waals surface area contributed by atoms with E-state index in [1.807, 2.05) is 13.8 Å². The summed E-state index contributed by atoms with van der Waals surface area (Å²) < 4.78 is 15.6. The molecule has 226 valence electrons. The predicted molar refractivity (Wildman–Crippen MR) is 151 cm³/mol. The van der Waals surface area contributed by atoms with Crippen molar-refractivity contribution < 1.29 is 38.1 Å². The van der Waals surface area contributed by atoms with E-state index in [2.05, 4.69) is 20.5 Å². The summed E-state index contributed by atoms with van der Waals surface area (Å²) in [5, 5.41) is 8.03. The molecule has 0 aliphatic carbocycles. The summed E-state index contributed by atoms with van der Waals surface area (Å²) in [6.45, 7) is 11.7. The van der Waals surface area contributed by atoms with Gasteiger partial charge >= 0.3 is 7.82 Å². The molecule has 0 fully saturated rings. The number of carbonyl (C=O) groups excluding carboxylic acids is 4. The average Bonchev–Trinajstić information content (AvgIpc) is 2.86. The van der Waals surface area contributed by atoms with Crippen LogP contribution in [0.15, 0.2) is 24.3 Å². The monoisotopic (exact) mass is 584 g/mol. The maximum Gasteiger partial charge on any atom is 0.524 e. The van der Waals surface area contributed by atoms with Crippen molar-refractivity contribution in [2.75, 3.05) is 13.1 Å². The van der Waals surface area contributed by atoms with Crippen LogP contribution >= 0.6 is 7.82 Å². The summed E-state index contributed by atoms with van der Waals surface area (Å²) in [6, 6.07) is 2.93. The van der Waals surface area contributed by atoms with Crippen molar-refractivity contribution in [2.45, 2.75) is 91.8 Å². The van der Waals surface area contributed by atoms with Gasteiger partial charge in [-0.3, -0.25) is 29.0 Å². The summed E-state index contributed by atoms with van der Waals surface area (Å²) in [5.41, 5.74) is 0.580. The highest BCUT2D eigenvalue weighted by Crippen LogP contribution is 2.37. The van der Waals surface area contributed by atoms with E-state index in [9.17, 15) is 23.7 Å². The van der Waals surface area contributed by atoms with E-state index in [-0.39, 0.29) is 24.0 Å². The molecule has 4 amide bonds. The third-order valence-corrected chi connectivity index (χ3v) is 6.58. The van der Waals surface area contributed by atoms with Gasteiger partial charge in [0, 0.05) is 26.4 Å². The smallest absolute Gasteiger partial charge is 0.404 e. The number of phosphoric ester groups is 1. The van der Waals surface area contributed by atoms with Crippen molar-refractivity contribution >= 4 is 31.5 Å². The second-order valence-electron chi connectivity index (χ2n) is 10.2. The molecule has 1 aromatic carbocycles. The number of benzene rings is 1. The van der Waals surface area contributed by atoms with Crippen LogP contribution in [-0.2, 0) is 30.2 Å². The van der Waals surface area contributed by atoms with Gasteiger partial charge in [0.2, 0.25) is 23.6 Å².